The van der Waals surface area contributed by atoms with Crippen LogP contribution < -0.4 is 5.32 Å². The molecule has 0 saturated heterocycles. The summed E-state index contributed by atoms with van der Waals surface area (Å²) in [7, 11) is 0. The van der Waals surface area contributed by atoms with Crippen LogP contribution in [0.5, 0.6) is 0 Å². The van der Waals surface area contributed by atoms with E-state index in [1.165, 1.54) is 32.1 Å². The number of hydrogen-bond acceptors (Lipinski definition) is 1. The zero-order chi connectivity index (χ0) is 14.6. The molecule has 1 aromatic rings. The van der Waals surface area contributed by atoms with Gasteiger partial charge in [0, 0.05) is 15.7 Å². The fourth-order valence-electron chi connectivity index (χ4n) is 3.42. The molecule has 0 atom stereocenters. The zero-order valence-electron chi connectivity index (χ0n) is 12.4. The number of benzene rings is 1. The van der Waals surface area contributed by atoms with Crippen molar-refractivity contribution in [2.45, 2.75) is 46.0 Å². The SMILES string of the molecule is CC(C)CC1(CNC(=O)c2ccc(I)cc2)CCCC1. The maximum atomic E-state index is 12.2. The molecule has 1 aromatic carbocycles. The summed E-state index contributed by atoms with van der Waals surface area (Å²) in [5, 5.41) is 3.17. The van der Waals surface area contributed by atoms with Crippen LogP contribution in [0.3, 0.4) is 0 Å². The molecule has 0 aromatic heterocycles. The predicted octanol–water partition coefficient (Wildman–Crippen LogP) is 4.63. The summed E-state index contributed by atoms with van der Waals surface area (Å²) in [4.78, 5) is 12.2. The van der Waals surface area contributed by atoms with E-state index >= 15 is 0 Å². The highest BCUT2D eigenvalue weighted by atomic mass is 127. The topological polar surface area (TPSA) is 29.1 Å². The Morgan fingerprint density at radius 1 is 1.25 bits per heavy atom. The van der Waals surface area contributed by atoms with Crippen molar-refractivity contribution in [3.63, 3.8) is 0 Å². The third-order valence-electron chi connectivity index (χ3n) is 4.24. The first-order chi connectivity index (χ1) is 9.51. The number of nitrogens with one attached hydrogen (secondary N) is 1. The maximum absolute atomic E-state index is 12.2. The van der Waals surface area contributed by atoms with Crippen LogP contribution in [0, 0.1) is 14.9 Å². The smallest absolute Gasteiger partial charge is 0.251 e. The van der Waals surface area contributed by atoms with Gasteiger partial charge in [0.1, 0.15) is 0 Å². The van der Waals surface area contributed by atoms with Gasteiger partial charge in [0.15, 0.2) is 0 Å². The highest BCUT2D eigenvalue weighted by Gasteiger charge is 2.34. The summed E-state index contributed by atoms with van der Waals surface area (Å²) in [6.07, 6.45) is 6.37. The molecule has 110 valence electrons. The summed E-state index contributed by atoms with van der Waals surface area (Å²) in [6, 6.07) is 7.77. The van der Waals surface area contributed by atoms with E-state index in [1.54, 1.807) is 0 Å². The Hall–Kier alpha value is -0.580. The summed E-state index contributed by atoms with van der Waals surface area (Å²) in [5.41, 5.74) is 1.11. The maximum Gasteiger partial charge on any atom is 0.251 e. The van der Waals surface area contributed by atoms with Crippen LogP contribution in [0.4, 0.5) is 0 Å². The Morgan fingerprint density at radius 2 is 1.85 bits per heavy atom. The molecule has 1 aliphatic rings. The molecule has 1 saturated carbocycles. The second-order valence-electron chi connectivity index (χ2n) is 6.49. The average molecular weight is 385 g/mol. The Bertz CT molecular complexity index is 447. The Labute approximate surface area is 135 Å². The first-order valence-corrected chi connectivity index (χ1v) is 8.62. The molecule has 0 bridgehead atoms. The molecule has 0 aliphatic heterocycles. The Kier molecular flexibility index (Phi) is 5.47. The van der Waals surface area contributed by atoms with Crippen LogP contribution in [0.25, 0.3) is 0 Å². The fourth-order valence-corrected chi connectivity index (χ4v) is 3.77. The molecule has 2 nitrogen and oxygen atoms in total. The fraction of sp³-hybridized carbons (Fsp3) is 0.588. The third-order valence-corrected chi connectivity index (χ3v) is 4.95. The summed E-state index contributed by atoms with van der Waals surface area (Å²) in [5.74, 6) is 0.764. The summed E-state index contributed by atoms with van der Waals surface area (Å²) in [6.45, 7) is 5.39. The van der Waals surface area contributed by atoms with E-state index < -0.39 is 0 Å². The van der Waals surface area contributed by atoms with E-state index in [-0.39, 0.29) is 5.91 Å². The first kappa shape index (κ1) is 15.8. The first-order valence-electron chi connectivity index (χ1n) is 7.55. The standard InChI is InChI=1S/C17H24INO/c1-13(2)11-17(9-3-4-10-17)12-19-16(20)14-5-7-15(18)8-6-14/h5-8,13H,3-4,9-12H2,1-2H3,(H,19,20). The van der Waals surface area contributed by atoms with Crippen LogP contribution in [0.2, 0.25) is 0 Å². The molecule has 1 N–H and O–H groups in total. The molecule has 1 aliphatic carbocycles. The van der Waals surface area contributed by atoms with Gasteiger partial charge in [-0.3, -0.25) is 4.79 Å². The monoisotopic (exact) mass is 385 g/mol. The number of hydrogen-bond donors (Lipinski definition) is 1. The van der Waals surface area contributed by atoms with E-state index in [0.29, 0.717) is 11.3 Å². The van der Waals surface area contributed by atoms with Crippen molar-refractivity contribution in [1.29, 1.82) is 0 Å². The second-order valence-corrected chi connectivity index (χ2v) is 7.74. The number of carbonyl (C=O) groups excluding carboxylic acids is 1. The van der Waals surface area contributed by atoms with Gasteiger partial charge >= 0.3 is 0 Å². The second kappa shape index (κ2) is 6.92. The lowest BCUT2D eigenvalue weighted by atomic mass is 9.78. The highest BCUT2D eigenvalue weighted by molar-refractivity contribution is 14.1. The van der Waals surface area contributed by atoms with Crippen molar-refractivity contribution >= 4 is 28.5 Å². The molecular formula is C17H24INO. The molecular weight excluding hydrogens is 361 g/mol. The number of rotatable bonds is 5. The van der Waals surface area contributed by atoms with Crippen LogP contribution in [0.1, 0.15) is 56.3 Å². The molecule has 1 fully saturated rings. The van der Waals surface area contributed by atoms with Crippen LogP contribution in [0.15, 0.2) is 24.3 Å². The normalized spacial score (nSPS) is 17.4. The summed E-state index contributed by atoms with van der Waals surface area (Å²) >= 11 is 2.26. The Morgan fingerprint density at radius 3 is 2.40 bits per heavy atom. The minimum atomic E-state index is 0.0661. The van der Waals surface area contributed by atoms with E-state index in [4.69, 9.17) is 0 Å². The van der Waals surface area contributed by atoms with Crippen molar-refractivity contribution in [3.05, 3.63) is 33.4 Å². The Balaban J connectivity index is 1.95. The van der Waals surface area contributed by atoms with Gasteiger partial charge in [-0.2, -0.15) is 0 Å². The molecule has 0 unspecified atom stereocenters. The third kappa shape index (κ3) is 4.21. The van der Waals surface area contributed by atoms with Crippen LogP contribution >= 0.6 is 22.6 Å². The molecule has 0 heterocycles. The van der Waals surface area contributed by atoms with Crippen molar-refractivity contribution in [2.75, 3.05) is 6.54 Å². The van der Waals surface area contributed by atoms with Gasteiger partial charge in [-0.05, 0) is 77.5 Å². The molecule has 3 heteroatoms. The van der Waals surface area contributed by atoms with Gasteiger partial charge in [-0.25, -0.2) is 0 Å². The molecule has 1 amide bonds. The zero-order valence-corrected chi connectivity index (χ0v) is 14.6. The molecule has 20 heavy (non-hydrogen) atoms. The highest BCUT2D eigenvalue weighted by Crippen LogP contribution is 2.42. The van der Waals surface area contributed by atoms with Gasteiger partial charge < -0.3 is 5.32 Å². The molecule has 0 spiro atoms. The minimum absolute atomic E-state index is 0.0661. The molecule has 2 rings (SSSR count). The van der Waals surface area contributed by atoms with Gasteiger partial charge in [0.25, 0.3) is 5.91 Å². The number of carbonyl (C=O) groups is 1. The number of amides is 1. The van der Waals surface area contributed by atoms with Crippen molar-refractivity contribution in [1.82, 2.24) is 5.32 Å². The largest absolute Gasteiger partial charge is 0.351 e. The summed E-state index contributed by atoms with van der Waals surface area (Å²) < 4.78 is 1.16. The lowest BCUT2D eigenvalue weighted by molar-refractivity contribution is 0.0922. The van der Waals surface area contributed by atoms with Crippen LogP contribution in [-0.2, 0) is 0 Å². The van der Waals surface area contributed by atoms with Crippen molar-refractivity contribution < 1.29 is 4.79 Å². The average Bonchev–Trinajstić information content (AvgIpc) is 2.85. The van der Waals surface area contributed by atoms with Crippen LogP contribution in [-0.4, -0.2) is 12.5 Å². The predicted molar refractivity (Wildman–Crippen MR) is 91.8 cm³/mol. The lowest BCUT2D eigenvalue weighted by Crippen LogP contribution is -2.36. The van der Waals surface area contributed by atoms with Gasteiger partial charge in [-0.1, -0.05) is 26.7 Å². The van der Waals surface area contributed by atoms with E-state index in [9.17, 15) is 4.79 Å². The van der Waals surface area contributed by atoms with Crippen molar-refractivity contribution in [2.24, 2.45) is 11.3 Å². The van der Waals surface area contributed by atoms with E-state index in [2.05, 4.69) is 41.8 Å². The van der Waals surface area contributed by atoms with E-state index in [0.717, 1.165) is 15.7 Å². The lowest BCUT2D eigenvalue weighted by Gasteiger charge is -2.31. The van der Waals surface area contributed by atoms with Gasteiger partial charge in [0.05, 0.1) is 0 Å². The van der Waals surface area contributed by atoms with E-state index in [1.807, 2.05) is 24.3 Å². The van der Waals surface area contributed by atoms with Gasteiger partial charge in [-0.15, -0.1) is 0 Å². The molecule has 0 radical (unpaired) electrons. The number of halogens is 1. The van der Waals surface area contributed by atoms with Gasteiger partial charge in [0.2, 0.25) is 0 Å². The minimum Gasteiger partial charge on any atom is -0.351 e. The quantitative estimate of drug-likeness (QED) is 0.736. The van der Waals surface area contributed by atoms with Crippen molar-refractivity contribution in [3.8, 4) is 0 Å².